The number of hydrogen-bond donors (Lipinski definition) is 1. The van der Waals surface area contributed by atoms with Crippen molar-refractivity contribution in [2.75, 3.05) is 5.75 Å². The summed E-state index contributed by atoms with van der Waals surface area (Å²) in [6, 6.07) is 1.95. The van der Waals surface area contributed by atoms with Gasteiger partial charge in [0.2, 0.25) is 10.0 Å². The molecule has 1 aliphatic heterocycles. The predicted molar refractivity (Wildman–Crippen MR) is 76.2 cm³/mol. The van der Waals surface area contributed by atoms with Crippen LogP contribution in [0.5, 0.6) is 0 Å². The maximum atomic E-state index is 12.1. The van der Waals surface area contributed by atoms with Gasteiger partial charge in [-0.2, -0.15) is 0 Å². The molecule has 0 bridgehead atoms. The molecule has 0 amide bonds. The molecule has 0 fully saturated rings. The molecule has 0 spiro atoms. The molecule has 1 aromatic rings. The first kappa shape index (κ1) is 13.6. The van der Waals surface area contributed by atoms with Gasteiger partial charge in [-0.3, -0.25) is 4.22 Å². The fourth-order valence-electron chi connectivity index (χ4n) is 1.99. The number of aryl methyl sites for hydroxylation is 1. The lowest BCUT2D eigenvalue weighted by molar-refractivity contribution is 0.506. The maximum absolute atomic E-state index is 12.1. The molecule has 2 heterocycles. The van der Waals surface area contributed by atoms with Crippen molar-refractivity contribution >= 4 is 39.3 Å². The minimum atomic E-state index is -3.46. The van der Waals surface area contributed by atoms with Gasteiger partial charge in [0.25, 0.3) is 0 Å². The van der Waals surface area contributed by atoms with Gasteiger partial charge in [0.15, 0.2) is 0 Å². The third-order valence-corrected chi connectivity index (χ3v) is 5.81. The van der Waals surface area contributed by atoms with Crippen LogP contribution in [0.4, 0.5) is 0 Å². The van der Waals surface area contributed by atoms with Gasteiger partial charge in [-0.05, 0) is 30.5 Å². The Hall–Kier alpha value is -0.785. The second-order valence-corrected chi connectivity index (χ2v) is 8.08. The van der Waals surface area contributed by atoms with E-state index in [1.54, 1.807) is 6.08 Å². The summed E-state index contributed by atoms with van der Waals surface area (Å²) < 4.78 is 26.0. The smallest absolute Gasteiger partial charge is 0.427 e. The molecule has 1 N–H and O–H groups in total. The van der Waals surface area contributed by atoms with Crippen molar-refractivity contribution in [3.63, 3.8) is 0 Å². The highest BCUT2D eigenvalue weighted by Gasteiger charge is 2.36. The third kappa shape index (κ3) is 2.48. The Balaban J connectivity index is 2.34. The first-order valence-corrected chi connectivity index (χ1v) is 8.21. The van der Waals surface area contributed by atoms with Crippen LogP contribution in [-0.4, -0.2) is 30.5 Å². The Morgan fingerprint density at radius 3 is 2.78 bits per heavy atom. The van der Waals surface area contributed by atoms with Crippen LogP contribution in [-0.2, 0) is 10.0 Å². The number of sulfonamides is 1. The number of nitrogens with zero attached hydrogens (tertiary/aromatic N) is 1. The SMILES string of the molecule is Cc1cc2c(s1)B(O)N(S(=O)(=O)CC(C)C)C=C2. The second-order valence-electron chi connectivity index (χ2n) is 4.87. The molecule has 7 heteroatoms. The highest BCUT2D eigenvalue weighted by molar-refractivity contribution is 7.90. The molecule has 0 radical (unpaired) electrons. The van der Waals surface area contributed by atoms with Crippen LogP contribution in [0, 0.1) is 12.8 Å². The number of thiophene rings is 1. The molecule has 1 aliphatic rings. The molecular weight excluding hydrogens is 269 g/mol. The minimum Gasteiger partial charge on any atom is -0.427 e. The molecule has 0 aromatic carbocycles. The molecule has 0 aliphatic carbocycles. The van der Waals surface area contributed by atoms with Crippen molar-refractivity contribution in [3.05, 3.63) is 22.7 Å². The van der Waals surface area contributed by atoms with E-state index < -0.39 is 17.1 Å². The first-order valence-electron chi connectivity index (χ1n) is 5.79. The molecule has 2 rings (SSSR count). The summed E-state index contributed by atoms with van der Waals surface area (Å²) in [5.41, 5.74) is 0.904. The summed E-state index contributed by atoms with van der Waals surface area (Å²) in [5.74, 6) is 0.0655. The third-order valence-electron chi connectivity index (χ3n) is 2.66. The van der Waals surface area contributed by atoms with Crippen molar-refractivity contribution < 1.29 is 13.4 Å². The topological polar surface area (TPSA) is 57.6 Å². The highest BCUT2D eigenvalue weighted by Crippen LogP contribution is 2.21. The lowest BCUT2D eigenvalue weighted by Crippen LogP contribution is -2.51. The van der Waals surface area contributed by atoms with Crippen molar-refractivity contribution in [2.24, 2.45) is 5.92 Å². The summed E-state index contributed by atoms with van der Waals surface area (Å²) in [6.45, 7) is 5.63. The molecule has 98 valence electrons. The molecule has 0 atom stereocenters. The van der Waals surface area contributed by atoms with E-state index in [9.17, 15) is 13.4 Å². The molecule has 4 nitrogen and oxygen atoms in total. The van der Waals surface area contributed by atoms with Gasteiger partial charge in [0.05, 0.1) is 5.75 Å². The summed E-state index contributed by atoms with van der Waals surface area (Å²) in [4.78, 5) is 1.06. The standard InChI is InChI=1S/C11H16BNO3S2/c1-8(2)7-18(15,16)13-5-4-10-6-9(3)17-11(10)12(13)14/h4-6,8,14H,7H2,1-3H3. The fraction of sp³-hybridized carbons (Fsp3) is 0.455. The number of rotatable bonds is 3. The zero-order valence-corrected chi connectivity index (χ0v) is 12.3. The van der Waals surface area contributed by atoms with Gasteiger partial charge >= 0.3 is 7.05 Å². The molecule has 1 aromatic heterocycles. The van der Waals surface area contributed by atoms with E-state index in [0.29, 0.717) is 4.78 Å². The van der Waals surface area contributed by atoms with Gasteiger partial charge in [-0.25, -0.2) is 8.42 Å². The zero-order chi connectivity index (χ0) is 13.5. The monoisotopic (exact) mass is 285 g/mol. The van der Waals surface area contributed by atoms with Crippen molar-refractivity contribution in [1.29, 1.82) is 0 Å². The van der Waals surface area contributed by atoms with E-state index in [0.717, 1.165) is 14.7 Å². The van der Waals surface area contributed by atoms with E-state index in [-0.39, 0.29) is 11.7 Å². The highest BCUT2D eigenvalue weighted by atomic mass is 32.2. The number of fused-ring (bicyclic) bond motifs is 1. The Bertz CT molecular complexity index is 577. The predicted octanol–water partition coefficient (Wildman–Crippen LogP) is 1.02. The van der Waals surface area contributed by atoms with Crippen molar-refractivity contribution in [1.82, 2.24) is 4.22 Å². The Morgan fingerprint density at radius 1 is 1.50 bits per heavy atom. The van der Waals surface area contributed by atoms with Gasteiger partial charge in [-0.1, -0.05) is 13.8 Å². The van der Waals surface area contributed by atoms with Crippen LogP contribution in [0.2, 0.25) is 0 Å². The van der Waals surface area contributed by atoms with Gasteiger partial charge in [0.1, 0.15) is 0 Å². The summed E-state index contributed by atoms with van der Waals surface area (Å²) in [7, 11) is -4.55. The van der Waals surface area contributed by atoms with Crippen molar-refractivity contribution in [2.45, 2.75) is 20.8 Å². The molecular formula is C11H16BNO3S2. The molecule has 0 saturated carbocycles. The van der Waals surface area contributed by atoms with E-state index in [1.807, 2.05) is 26.8 Å². The van der Waals surface area contributed by atoms with Gasteiger partial charge in [0, 0.05) is 15.9 Å². The lowest BCUT2D eigenvalue weighted by Gasteiger charge is -2.26. The minimum absolute atomic E-state index is 0.0297. The Morgan fingerprint density at radius 2 is 2.17 bits per heavy atom. The van der Waals surface area contributed by atoms with E-state index >= 15 is 0 Å². The van der Waals surface area contributed by atoms with Crippen LogP contribution >= 0.6 is 11.3 Å². The second kappa shape index (κ2) is 4.72. The van der Waals surface area contributed by atoms with E-state index in [2.05, 4.69) is 0 Å². The maximum Gasteiger partial charge on any atom is 0.474 e. The average Bonchev–Trinajstić information content (AvgIpc) is 2.57. The van der Waals surface area contributed by atoms with Crippen LogP contribution < -0.4 is 4.78 Å². The van der Waals surface area contributed by atoms with Crippen molar-refractivity contribution in [3.8, 4) is 0 Å². The summed E-state index contributed by atoms with van der Waals surface area (Å²) in [6.07, 6.45) is 3.19. The number of hydrogen-bond acceptors (Lipinski definition) is 4. The fourth-order valence-corrected chi connectivity index (χ4v) is 4.72. The average molecular weight is 285 g/mol. The Labute approximate surface area is 112 Å². The van der Waals surface area contributed by atoms with Crippen LogP contribution in [0.1, 0.15) is 24.3 Å². The van der Waals surface area contributed by atoms with E-state index in [4.69, 9.17) is 0 Å². The zero-order valence-electron chi connectivity index (χ0n) is 10.6. The quantitative estimate of drug-likeness (QED) is 0.843. The normalized spacial score (nSPS) is 15.4. The molecule has 0 saturated heterocycles. The van der Waals surface area contributed by atoms with Crippen LogP contribution in [0.3, 0.4) is 0 Å². The van der Waals surface area contributed by atoms with Gasteiger partial charge < -0.3 is 5.02 Å². The molecule has 0 unspecified atom stereocenters. The summed E-state index contributed by atoms with van der Waals surface area (Å²) >= 11 is 1.43. The summed E-state index contributed by atoms with van der Waals surface area (Å²) in [5, 5.41) is 10.2. The molecule has 18 heavy (non-hydrogen) atoms. The largest absolute Gasteiger partial charge is 0.474 e. The van der Waals surface area contributed by atoms with Crippen LogP contribution in [0.15, 0.2) is 12.3 Å². The first-order chi connectivity index (χ1) is 8.31. The van der Waals surface area contributed by atoms with Crippen LogP contribution in [0.25, 0.3) is 6.08 Å². The lowest BCUT2D eigenvalue weighted by atomic mass is 9.77. The van der Waals surface area contributed by atoms with E-state index in [1.165, 1.54) is 17.5 Å². The van der Waals surface area contributed by atoms with Gasteiger partial charge in [-0.15, -0.1) is 11.3 Å². The Kier molecular flexibility index (Phi) is 3.57.